The highest BCUT2D eigenvalue weighted by molar-refractivity contribution is 6.07. The molecule has 0 bridgehead atoms. The lowest BCUT2D eigenvalue weighted by Gasteiger charge is -2.20. The summed E-state index contributed by atoms with van der Waals surface area (Å²) in [6.45, 7) is 3.64. The lowest BCUT2D eigenvalue weighted by atomic mass is 10.0. The van der Waals surface area contributed by atoms with Gasteiger partial charge in [-0.1, -0.05) is 54.6 Å². The van der Waals surface area contributed by atoms with Gasteiger partial charge in [0.05, 0.1) is 0 Å². The first-order chi connectivity index (χ1) is 13.4. The quantitative estimate of drug-likeness (QED) is 0.465. The first-order valence-electron chi connectivity index (χ1n) is 9.73. The van der Waals surface area contributed by atoms with Crippen molar-refractivity contribution in [3.63, 3.8) is 0 Å². The van der Waals surface area contributed by atoms with E-state index in [9.17, 15) is 4.79 Å². The number of rotatable bonds is 10. The minimum absolute atomic E-state index is 0.0493. The zero-order valence-electron chi connectivity index (χ0n) is 17.9. The largest absolute Gasteiger partial charge is 0.308 e. The second kappa shape index (κ2) is 10.9. The maximum Gasteiger partial charge on any atom is 0.186 e. The van der Waals surface area contributed by atoms with Crippen LogP contribution >= 0.6 is 0 Å². The van der Waals surface area contributed by atoms with Crippen LogP contribution in [0, 0.1) is 0 Å². The molecule has 0 aliphatic heterocycles. The average molecular weight is 380 g/mol. The summed E-state index contributed by atoms with van der Waals surface area (Å²) in [6.07, 6.45) is 3.65. The van der Waals surface area contributed by atoms with E-state index < -0.39 is 0 Å². The van der Waals surface area contributed by atoms with Gasteiger partial charge in [0.2, 0.25) is 0 Å². The molecule has 0 unspecified atom stereocenters. The summed E-state index contributed by atoms with van der Waals surface area (Å²) in [7, 11) is 10.3. The smallest absolute Gasteiger partial charge is 0.186 e. The van der Waals surface area contributed by atoms with Gasteiger partial charge in [-0.25, -0.2) is 0 Å². The predicted octanol–water partition coefficient (Wildman–Crippen LogP) is 3.64. The number of carbonyl (C=O) groups excluding carboxylic acids is 1. The van der Waals surface area contributed by atoms with Crippen molar-refractivity contribution in [1.82, 2.24) is 14.7 Å². The van der Waals surface area contributed by atoms with Gasteiger partial charge in [0, 0.05) is 31.7 Å². The van der Waals surface area contributed by atoms with E-state index in [2.05, 4.69) is 54.0 Å². The summed E-state index contributed by atoms with van der Waals surface area (Å²) in [6, 6.07) is 16.1. The lowest BCUT2D eigenvalue weighted by Crippen LogP contribution is -2.28. The molecule has 4 heteroatoms. The molecule has 2 aromatic carbocycles. The lowest BCUT2D eigenvalue weighted by molar-refractivity contribution is 0.104. The number of nitrogens with zero attached hydrogens (tertiary/aromatic N) is 3. The Kier molecular flexibility index (Phi) is 8.58. The van der Waals surface area contributed by atoms with Gasteiger partial charge in [0.25, 0.3) is 0 Å². The van der Waals surface area contributed by atoms with Crippen LogP contribution in [0.1, 0.15) is 27.0 Å². The van der Waals surface area contributed by atoms with Crippen LogP contribution in [0.5, 0.6) is 0 Å². The second-order valence-electron chi connectivity index (χ2n) is 7.83. The molecule has 0 spiro atoms. The summed E-state index contributed by atoms with van der Waals surface area (Å²) < 4.78 is 0. The van der Waals surface area contributed by atoms with E-state index in [4.69, 9.17) is 0 Å². The molecule has 0 heterocycles. The molecular weight excluding hydrogens is 346 g/mol. The topological polar surface area (TPSA) is 26.8 Å². The van der Waals surface area contributed by atoms with Gasteiger partial charge in [-0.05, 0) is 58.0 Å². The molecule has 0 saturated heterocycles. The van der Waals surface area contributed by atoms with Crippen molar-refractivity contribution in [2.75, 3.05) is 48.3 Å². The van der Waals surface area contributed by atoms with E-state index >= 15 is 0 Å². The average Bonchev–Trinajstić information content (AvgIpc) is 2.65. The Labute approximate surface area is 170 Å². The number of carbonyl (C=O) groups is 1. The highest BCUT2D eigenvalue weighted by Gasteiger charge is 2.10. The molecule has 0 aliphatic rings. The van der Waals surface area contributed by atoms with Crippen LogP contribution in [0.25, 0.3) is 6.08 Å². The maximum atomic E-state index is 12.8. The second-order valence-corrected chi connectivity index (χ2v) is 7.83. The SMILES string of the molecule is CN(C)CCN(C)Cc1ccccc1C=CC(=O)c1ccccc1CN(C)C. The van der Waals surface area contributed by atoms with Crippen LogP contribution in [0.2, 0.25) is 0 Å². The van der Waals surface area contributed by atoms with Gasteiger partial charge in [0.1, 0.15) is 0 Å². The monoisotopic (exact) mass is 379 g/mol. The highest BCUT2D eigenvalue weighted by atomic mass is 16.1. The van der Waals surface area contributed by atoms with Crippen molar-refractivity contribution in [2.45, 2.75) is 13.1 Å². The van der Waals surface area contributed by atoms with Gasteiger partial charge in [0.15, 0.2) is 5.78 Å². The normalized spacial score (nSPS) is 11.9. The minimum Gasteiger partial charge on any atom is -0.308 e. The standard InChI is InChI=1S/C24H33N3O/c1-25(2)16-17-27(5)19-21-11-7-6-10-20(21)14-15-24(28)23-13-9-8-12-22(23)18-26(3)4/h6-15H,16-19H2,1-5H3. The molecule has 0 aliphatic carbocycles. The van der Waals surface area contributed by atoms with Crippen molar-refractivity contribution < 1.29 is 4.79 Å². The highest BCUT2D eigenvalue weighted by Crippen LogP contribution is 2.16. The molecule has 150 valence electrons. The zero-order valence-corrected chi connectivity index (χ0v) is 17.9. The summed E-state index contributed by atoms with van der Waals surface area (Å²) >= 11 is 0. The third-order valence-corrected chi connectivity index (χ3v) is 4.61. The van der Waals surface area contributed by atoms with E-state index in [0.29, 0.717) is 0 Å². The predicted molar refractivity (Wildman–Crippen MR) is 119 cm³/mol. The third kappa shape index (κ3) is 7.04. The van der Waals surface area contributed by atoms with Crippen LogP contribution in [0.4, 0.5) is 0 Å². The first-order valence-corrected chi connectivity index (χ1v) is 9.73. The Balaban J connectivity index is 2.13. The number of ketones is 1. The van der Waals surface area contributed by atoms with Gasteiger partial charge in [-0.2, -0.15) is 0 Å². The number of benzene rings is 2. The fourth-order valence-corrected chi connectivity index (χ4v) is 3.08. The summed E-state index contributed by atoms with van der Waals surface area (Å²) in [5.74, 6) is 0.0493. The van der Waals surface area contributed by atoms with E-state index in [-0.39, 0.29) is 5.78 Å². The third-order valence-electron chi connectivity index (χ3n) is 4.61. The fourth-order valence-electron chi connectivity index (χ4n) is 3.08. The van der Waals surface area contributed by atoms with Crippen LogP contribution in [0.15, 0.2) is 54.6 Å². The Bertz CT molecular complexity index is 796. The summed E-state index contributed by atoms with van der Waals surface area (Å²) in [4.78, 5) is 19.4. The molecule has 0 aromatic heterocycles. The number of hydrogen-bond acceptors (Lipinski definition) is 4. The Morgan fingerprint density at radius 1 is 0.786 bits per heavy atom. The van der Waals surface area contributed by atoms with Gasteiger partial charge in [-0.3, -0.25) is 4.79 Å². The number of allylic oxidation sites excluding steroid dienone is 1. The van der Waals surface area contributed by atoms with Crippen molar-refractivity contribution in [1.29, 1.82) is 0 Å². The minimum atomic E-state index is 0.0493. The summed E-state index contributed by atoms with van der Waals surface area (Å²) in [5, 5.41) is 0. The van der Waals surface area contributed by atoms with E-state index in [0.717, 1.165) is 42.9 Å². The van der Waals surface area contributed by atoms with Crippen LogP contribution in [-0.4, -0.2) is 68.8 Å². The molecule has 0 amide bonds. The Morgan fingerprint density at radius 2 is 1.43 bits per heavy atom. The van der Waals surface area contributed by atoms with Gasteiger partial charge in [-0.15, -0.1) is 0 Å². The van der Waals surface area contributed by atoms with Gasteiger partial charge >= 0.3 is 0 Å². The zero-order chi connectivity index (χ0) is 20.5. The van der Waals surface area contributed by atoms with Crippen molar-refractivity contribution >= 4 is 11.9 Å². The van der Waals surface area contributed by atoms with Crippen LogP contribution in [0.3, 0.4) is 0 Å². The molecule has 2 rings (SSSR count). The Hall–Kier alpha value is -2.27. The number of hydrogen-bond donors (Lipinski definition) is 0. The number of likely N-dealkylation sites (N-methyl/N-ethyl adjacent to an activating group) is 2. The van der Waals surface area contributed by atoms with Crippen molar-refractivity contribution in [2.24, 2.45) is 0 Å². The van der Waals surface area contributed by atoms with Crippen LogP contribution < -0.4 is 0 Å². The molecule has 0 atom stereocenters. The van der Waals surface area contributed by atoms with Crippen LogP contribution in [-0.2, 0) is 13.1 Å². The van der Waals surface area contributed by atoms with Crippen molar-refractivity contribution in [3.05, 3.63) is 76.9 Å². The molecule has 0 radical (unpaired) electrons. The summed E-state index contributed by atoms with van der Waals surface area (Å²) in [5.41, 5.74) is 4.15. The molecule has 0 saturated carbocycles. The van der Waals surface area contributed by atoms with E-state index in [1.807, 2.05) is 50.5 Å². The Morgan fingerprint density at radius 3 is 2.11 bits per heavy atom. The molecule has 0 N–H and O–H groups in total. The van der Waals surface area contributed by atoms with E-state index in [1.54, 1.807) is 6.08 Å². The molecule has 28 heavy (non-hydrogen) atoms. The van der Waals surface area contributed by atoms with E-state index in [1.165, 1.54) is 5.56 Å². The van der Waals surface area contributed by atoms with Gasteiger partial charge < -0.3 is 14.7 Å². The molecule has 2 aromatic rings. The fraction of sp³-hybridized carbons (Fsp3) is 0.375. The molecule has 4 nitrogen and oxygen atoms in total. The molecule has 0 fully saturated rings. The first kappa shape index (κ1) is 22.0. The maximum absolute atomic E-state index is 12.8. The van der Waals surface area contributed by atoms with Crippen molar-refractivity contribution in [3.8, 4) is 0 Å². The molecular formula is C24H33N3O.